The molecule has 2 N–H and O–H groups in total. The first-order valence-corrected chi connectivity index (χ1v) is 17.1. The van der Waals surface area contributed by atoms with Gasteiger partial charge in [-0.3, -0.25) is 24.2 Å². The van der Waals surface area contributed by atoms with E-state index in [1.54, 1.807) is 45.9 Å². The second kappa shape index (κ2) is 11.5. The highest BCUT2D eigenvalue weighted by Crippen LogP contribution is 2.50. The lowest BCUT2D eigenvalue weighted by atomic mass is 9.82. The number of carbonyl (C=O) groups is 3. The third kappa shape index (κ3) is 4.43. The van der Waals surface area contributed by atoms with E-state index >= 15 is 0 Å². The lowest BCUT2D eigenvalue weighted by Gasteiger charge is -2.28. The van der Waals surface area contributed by atoms with Gasteiger partial charge in [-0.1, -0.05) is 79.7 Å². The van der Waals surface area contributed by atoms with Gasteiger partial charge in [-0.2, -0.15) is 0 Å². The molecule has 2 atom stereocenters. The Bertz CT molecular complexity index is 2480. The van der Waals surface area contributed by atoms with Crippen LogP contribution in [0.15, 0.2) is 127 Å². The first-order valence-electron chi connectivity index (χ1n) is 17.1. The molecule has 6 aromatic carbocycles. The maximum Gasteiger partial charge on any atom is 0.264 e. The lowest BCUT2D eigenvalue weighted by molar-refractivity contribution is -0.139. The largest absolute Gasteiger partial charge is 0.396 e. The normalized spacial score (nSPS) is 18.3. The molecule has 51 heavy (non-hydrogen) atoms. The fraction of sp³-hybridized carbons (Fsp3) is 0.140. The van der Waals surface area contributed by atoms with Crippen molar-refractivity contribution in [3.63, 3.8) is 0 Å². The summed E-state index contributed by atoms with van der Waals surface area (Å²) in [6.45, 7) is 1.91. The number of aliphatic hydroxyl groups excluding tert-OH is 1. The number of amides is 3. The van der Waals surface area contributed by atoms with Crippen LogP contribution >= 0.6 is 0 Å². The Morgan fingerprint density at radius 1 is 0.686 bits per heavy atom. The standard InChI is InChI=1S/C43H33N3O5/c1-26(8-2-3-23-47)43(51)34-24-31(46-37-16-7-12-29-10-5-14-33(39(29)37)41(46)49)21-22-35(34)44(42(43)50)25-27-17-19-30(20-18-27)45-36-15-6-11-28-9-4-13-32(38(28)36)40(45)48/h2,4-22,24,26,47,51H,3,23,25H2,1H3/b8-2+/t26-,43+/m0/s1. The molecule has 3 amide bonds. The van der Waals surface area contributed by atoms with E-state index in [1.165, 1.54) is 0 Å². The minimum Gasteiger partial charge on any atom is -0.396 e. The molecule has 9 rings (SSSR count). The number of rotatable bonds is 8. The van der Waals surface area contributed by atoms with Crippen LogP contribution < -0.4 is 14.7 Å². The van der Waals surface area contributed by atoms with Crippen molar-refractivity contribution in [1.82, 2.24) is 0 Å². The number of hydrogen-bond acceptors (Lipinski definition) is 5. The van der Waals surface area contributed by atoms with Crippen LogP contribution in [0.3, 0.4) is 0 Å². The fourth-order valence-electron chi connectivity index (χ4n) is 8.02. The van der Waals surface area contributed by atoms with Crippen molar-refractivity contribution in [3.05, 3.63) is 150 Å². The summed E-state index contributed by atoms with van der Waals surface area (Å²) in [7, 11) is 0. The van der Waals surface area contributed by atoms with Crippen LogP contribution in [0.25, 0.3) is 21.5 Å². The quantitative estimate of drug-likeness (QED) is 0.160. The first kappa shape index (κ1) is 30.9. The van der Waals surface area contributed by atoms with Gasteiger partial charge in [0.05, 0.1) is 34.7 Å². The molecule has 0 saturated carbocycles. The number of anilines is 5. The number of nitrogens with zero attached hydrogens (tertiary/aromatic N) is 3. The van der Waals surface area contributed by atoms with Gasteiger partial charge in [0.15, 0.2) is 5.60 Å². The van der Waals surface area contributed by atoms with Gasteiger partial charge >= 0.3 is 0 Å². The Balaban J connectivity index is 1.08. The summed E-state index contributed by atoms with van der Waals surface area (Å²) in [6, 6.07) is 36.1. The van der Waals surface area contributed by atoms with Crippen molar-refractivity contribution in [2.24, 2.45) is 5.92 Å². The van der Waals surface area contributed by atoms with Crippen LogP contribution in [0.2, 0.25) is 0 Å². The molecule has 0 fully saturated rings. The number of fused-ring (bicyclic) bond motifs is 1. The summed E-state index contributed by atoms with van der Waals surface area (Å²) in [5.74, 6) is -1.37. The summed E-state index contributed by atoms with van der Waals surface area (Å²) >= 11 is 0. The molecule has 3 heterocycles. The van der Waals surface area contributed by atoms with Gasteiger partial charge in [-0.15, -0.1) is 0 Å². The zero-order valence-electron chi connectivity index (χ0n) is 27.8. The predicted octanol–water partition coefficient (Wildman–Crippen LogP) is 7.89. The maximum absolute atomic E-state index is 14.4. The molecule has 6 aromatic rings. The number of carbonyl (C=O) groups excluding carboxylic acids is 3. The molecule has 0 bridgehead atoms. The Kier molecular flexibility index (Phi) is 6.96. The lowest BCUT2D eigenvalue weighted by Crippen LogP contribution is -2.44. The minimum atomic E-state index is -1.93. The van der Waals surface area contributed by atoms with Gasteiger partial charge in [0.2, 0.25) is 0 Å². The van der Waals surface area contributed by atoms with Crippen molar-refractivity contribution >= 4 is 67.7 Å². The summed E-state index contributed by atoms with van der Waals surface area (Å²) in [5.41, 5.74) is 3.99. The second-order valence-electron chi connectivity index (χ2n) is 13.4. The maximum atomic E-state index is 14.4. The van der Waals surface area contributed by atoms with E-state index in [0.717, 1.165) is 44.2 Å². The molecular weight excluding hydrogens is 638 g/mol. The molecule has 8 nitrogen and oxygen atoms in total. The number of benzene rings is 6. The summed E-state index contributed by atoms with van der Waals surface area (Å²) in [4.78, 5) is 46.7. The van der Waals surface area contributed by atoms with Gasteiger partial charge in [0.25, 0.3) is 17.7 Å². The first-order chi connectivity index (χ1) is 24.8. The van der Waals surface area contributed by atoms with Gasteiger partial charge in [-0.25, -0.2) is 0 Å². The molecule has 0 spiro atoms. The molecular formula is C43H33N3O5. The van der Waals surface area contributed by atoms with Gasteiger partial charge in [-0.05, 0) is 77.4 Å². The highest BCUT2D eigenvalue weighted by atomic mass is 16.3. The topological polar surface area (TPSA) is 101 Å². The van der Waals surface area contributed by atoms with Crippen molar-refractivity contribution in [1.29, 1.82) is 0 Å². The molecule has 0 saturated heterocycles. The molecule has 3 aliphatic heterocycles. The monoisotopic (exact) mass is 671 g/mol. The number of hydrogen-bond donors (Lipinski definition) is 2. The van der Waals surface area contributed by atoms with Gasteiger partial charge < -0.3 is 15.1 Å². The summed E-state index contributed by atoms with van der Waals surface area (Å²) in [6.07, 6.45) is 3.91. The average molecular weight is 672 g/mol. The Hall–Kier alpha value is -6.09. The van der Waals surface area contributed by atoms with Crippen molar-refractivity contribution in [2.75, 3.05) is 21.3 Å². The molecule has 0 radical (unpaired) electrons. The highest BCUT2D eigenvalue weighted by molar-refractivity contribution is 6.29. The molecule has 0 aliphatic carbocycles. The second-order valence-corrected chi connectivity index (χ2v) is 13.4. The van der Waals surface area contributed by atoms with E-state index in [0.29, 0.717) is 34.5 Å². The van der Waals surface area contributed by atoms with Crippen molar-refractivity contribution in [3.8, 4) is 0 Å². The summed E-state index contributed by atoms with van der Waals surface area (Å²) < 4.78 is 0. The van der Waals surface area contributed by atoms with Crippen LogP contribution in [-0.2, 0) is 16.9 Å². The molecule has 0 aromatic heterocycles. The zero-order valence-corrected chi connectivity index (χ0v) is 27.8. The molecule has 8 heteroatoms. The predicted molar refractivity (Wildman–Crippen MR) is 199 cm³/mol. The average Bonchev–Trinajstić information content (AvgIpc) is 3.69. The third-order valence-corrected chi connectivity index (χ3v) is 10.5. The van der Waals surface area contributed by atoms with Crippen LogP contribution in [0.1, 0.15) is 45.2 Å². The molecule has 3 aliphatic rings. The Morgan fingerprint density at radius 2 is 1.24 bits per heavy atom. The van der Waals surface area contributed by atoms with Crippen LogP contribution in [0.5, 0.6) is 0 Å². The molecule has 250 valence electrons. The minimum absolute atomic E-state index is 0.0497. The Morgan fingerprint density at radius 3 is 1.82 bits per heavy atom. The van der Waals surface area contributed by atoms with Crippen LogP contribution in [-0.4, -0.2) is 34.5 Å². The van der Waals surface area contributed by atoms with E-state index in [-0.39, 0.29) is 25.0 Å². The summed E-state index contributed by atoms with van der Waals surface area (Å²) in [5, 5.41) is 25.6. The number of aliphatic hydroxyl groups is 2. The van der Waals surface area contributed by atoms with Crippen LogP contribution in [0.4, 0.5) is 28.4 Å². The smallest absolute Gasteiger partial charge is 0.264 e. The van der Waals surface area contributed by atoms with Crippen molar-refractivity contribution < 1.29 is 24.6 Å². The third-order valence-electron chi connectivity index (χ3n) is 10.5. The van der Waals surface area contributed by atoms with E-state index in [9.17, 15) is 24.6 Å². The van der Waals surface area contributed by atoms with E-state index < -0.39 is 17.4 Å². The van der Waals surface area contributed by atoms with Crippen LogP contribution in [0, 0.1) is 5.92 Å². The zero-order chi connectivity index (χ0) is 35.0. The van der Waals surface area contributed by atoms with E-state index in [4.69, 9.17) is 0 Å². The van der Waals surface area contributed by atoms with Gasteiger partial charge in [0.1, 0.15) is 0 Å². The SMILES string of the molecule is C[C@@H](/C=C/CCO)[C@]1(O)C(=O)N(Cc2ccc(N3C(=O)c4cccc5cccc3c45)cc2)c2ccc(N3C(=O)c4cccc5cccc3c45)cc21. The van der Waals surface area contributed by atoms with Gasteiger partial charge in [0, 0.05) is 40.2 Å². The Labute approximate surface area is 294 Å². The van der Waals surface area contributed by atoms with Crippen molar-refractivity contribution in [2.45, 2.75) is 25.5 Å². The highest BCUT2D eigenvalue weighted by Gasteiger charge is 2.53. The fourth-order valence-corrected chi connectivity index (χ4v) is 8.02. The van der Waals surface area contributed by atoms with E-state index in [1.807, 2.05) is 103 Å². The molecule has 0 unspecified atom stereocenters. The van der Waals surface area contributed by atoms with E-state index in [2.05, 4.69) is 0 Å².